The lowest BCUT2D eigenvalue weighted by Gasteiger charge is -1.94. The van der Waals surface area contributed by atoms with Gasteiger partial charge in [0.15, 0.2) is 6.29 Å². The minimum Gasteiger partial charge on any atom is -0.410 e. The highest BCUT2D eigenvalue weighted by Crippen LogP contribution is 2.08. The van der Waals surface area contributed by atoms with Gasteiger partial charge < -0.3 is 5.21 Å². The van der Waals surface area contributed by atoms with Crippen molar-refractivity contribution in [1.82, 2.24) is 4.98 Å². The monoisotopic (exact) mass is 394 g/mol. The summed E-state index contributed by atoms with van der Waals surface area (Å²) in [7, 11) is 0. The lowest BCUT2D eigenvalue weighted by molar-refractivity contribution is 0.111. The molecule has 4 nitrogen and oxygen atoms in total. The summed E-state index contributed by atoms with van der Waals surface area (Å²) in [6, 6.07) is 3.59. The first-order valence-electron chi connectivity index (χ1n) is 5.00. The van der Waals surface area contributed by atoms with E-state index in [4.69, 9.17) is 5.21 Å². The van der Waals surface area contributed by atoms with E-state index in [0.717, 1.165) is 18.1 Å². The first kappa shape index (κ1) is 17.9. The molecular weight excluding hydrogens is 388 g/mol. The van der Waals surface area contributed by atoms with Crippen molar-refractivity contribution in [3.05, 3.63) is 28.0 Å². The number of oxime groups is 1. The van der Waals surface area contributed by atoms with Crippen LogP contribution in [-0.2, 0) is 0 Å². The average Bonchev–Trinajstić information content (AvgIpc) is 2.42. The molecule has 6 heteroatoms. The molecule has 1 rings (SSSR count). The Balaban J connectivity index is 0.000000361. The Morgan fingerprint density at radius 3 is 2.55 bits per heavy atom. The molecular formula is C14H8Br2N2O2. The quantitative estimate of drug-likeness (QED) is 0.198. The van der Waals surface area contributed by atoms with E-state index in [2.05, 4.69) is 76.4 Å². The van der Waals surface area contributed by atoms with Crippen LogP contribution in [0.1, 0.15) is 16.1 Å². The molecule has 0 saturated carbocycles. The number of aromatic nitrogens is 1. The van der Waals surface area contributed by atoms with Gasteiger partial charge in [0, 0.05) is 15.9 Å². The van der Waals surface area contributed by atoms with Crippen molar-refractivity contribution in [3.63, 3.8) is 0 Å². The zero-order valence-electron chi connectivity index (χ0n) is 10.3. The van der Waals surface area contributed by atoms with E-state index in [0.29, 0.717) is 10.3 Å². The summed E-state index contributed by atoms with van der Waals surface area (Å²) in [5.41, 5.74) is 1.50. The summed E-state index contributed by atoms with van der Waals surface area (Å²) >= 11 is 6.04. The van der Waals surface area contributed by atoms with Crippen LogP contribution >= 0.6 is 31.9 Å². The highest BCUT2D eigenvalue weighted by atomic mass is 79.9. The van der Waals surface area contributed by atoms with Gasteiger partial charge in [-0.3, -0.25) is 4.79 Å². The predicted octanol–water partition coefficient (Wildman–Crippen LogP) is 2.77. The maximum absolute atomic E-state index is 10.2. The molecule has 0 unspecified atom stereocenters. The van der Waals surface area contributed by atoms with E-state index in [-0.39, 0.29) is 0 Å². The Bertz CT molecular complexity index is 645. The molecule has 1 N–H and O–H groups in total. The lowest BCUT2D eigenvalue weighted by atomic mass is 10.2. The zero-order chi connectivity index (χ0) is 15.2. The molecule has 0 aliphatic heterocycles. The third-order valence-electron chi connectivity index (χ3n) is 1.51. The maximum atomic E-state index is 10.2. The predicted molar refractivity (Wildman–Crippen MR) is 84.6 cm³/mol. The van der Waals surface area contributed by atoms with Crippen LogP contribution in [0.5, 0.6) is 0 Å². The molecule has 0 radical (unpaired) electrons. The van der Waals surface area contributed by atoms with Crippen LogP contribution in [0.15, 0.2) is 21.9 Å². The summed E-state index contributed by atoms with van der Waals surface area (Å²) < 4.78 is 0.703. The van der Waals surface area contributed by atoms with Crippen LogP contribution in [0.2, 0.25) is 0 Å². The van der Waals surface area contributed by atoms with Crippen molar-refractivity contribution < 1.29 is 10.0 Å². The molecule has 0 aliphatic rings. The zero-order valence-corrected chi connectivity index (χ0v) is 13.5. The molecule has 100 valence electrons. The Labute approximate surface area is 133 Å². The average molecular weight is 396 g/mol. The smallest absolute Gasteiger partial charge is 0.168 e. The third kappa shape index (κ3) is 9.91. The second-order valence-electron chi connectivity index (χ2n) is 2.99. The molecule has 0 atom stereocenters. The van der Waals surface area contributed by atoms with E-state index >= 15 is 0 Å². The van der Waals surface area contributed by atoms with Crippen molar-refractivity contribution in [1.29, 1.82) is 0 Å². The standard InChI is InChI=1S/C7H6BrNO.C7H2BrNO/c1-5-2-6(4-10)9-7(8)3-5;8-6-4-2-1-3-5-7-9-10/h2-4H,1H3;7,10H/b;9-7+. The molecule has 0 saturated heterocycles. The van der Waals surface area contributed by atoms with E-state index in [9.17, 15) is 4.79 Å². The highest BCUT2D eigenvalue weighted by Gasteiger charge is 1.94. The van der Waals surface area contributed by atoms with Gasteiger partial charge in [0.2, 0.25) is 0 Å². The molecule has 1 aromatic heterocycles. The van der Waals surface area contributed by atoms with Crippen molar-refractivity contribution in [3.8, 4) is 34.4 Å². The molecule has 1 aromatic rings. The normalized spacial score (nSPS) is 7.75. The second kappa shape index (κ2) is 12.0. The Morgan fingerprint density at radius 2 is 2.00 bits per heavy atom. The SMILES string of the molecule is Cc1cc(Br)nc(C=O)c1.O/N=C/C#CC#CC#CBr. The molecule has 0 bridgehead atoms. The van der Waals surface area contributed by atoms with Gasteiger partial charge in [0.25, 0.3) is 0 Å². The molecule has 0 aromatic carbocycles. The number of rotatable bonds is 1. The largest absolute Gasteiger partial charge is 0.410 e. The van der Waals surface area contributed by atoms with Gasteiger partial charge in [-0.25, -0.2) is 4.98 Å². The van der Waals surface area contributed by atoms with Crippen LogP contribution < -0.4 is 0 Å². The number of hydrogen-bond donors (Lipinski definition) is 1. The van der Waals surface area contributed by atoms with Gasteiger partial charge in [-0.2, -0.15) is 0 Å². The van der Waals surface area contributed by atoms with Crippen molar-refractivity contribution in [2.75, 3.05) is 0 Å². The van der Waals surface area contributed by atoms with E-state index in [1.807, 2.05) is 13.0 Å². The van der Waals surface area contributed by atoms with Crippen LogP contribution in [0.4, 0.5) is 0 Å². The van der Waals surface area contributed by atoms with Crippen molar-refractivity contribution >= 4 is 44.4 Å². The fraction of sp³-hybridized carbons (Fsp3) is 0.0714. The van der Waals surface area contributed by atoms with Gasteiger partial charge in [0.05, 0.1) is 0 Å². The number of pyridine rings is 1. The summed E-state index contributed by atoms with van der Waals surface area (Å²) in [5, 5.41) is 10.5. The van der Waals surface area contributed by atoms with Gasteiger partial charge in [0.1, 0.15) is 16.5 Å². The van der Waals surface area contributed by atoms with Crippen LogP contribution in [0.3, 0.4) is 0 Å². The Hall–Kier alpha value is -2.07. The number of aryl methyl sites for hydroxylation is 1. The summed E-state index contributed by atoms with van der Waals surface area (Å²) in [4.78, 5) is 16.5. The van der Waals surface area contributed by atoms with E-state index < -0.39 is 0 Å². The second-order valence-corrected chi connectivity index (χ2v) is 4.20. The molecule has 20 heavy (non-hydrogen) atoms. The van der Waals surface area contributed by atoms with Gasteiger partial charge in [-0.05, 0) is 75.0 Å². The van der Waals surface area contributed by atoms with E-state index in [1.54, 1.807) is 6.07 Å². The molecule has 0 aliphatic carbocycles. The van der Waals surface area contributed by atoms with Gasteiger partial charge >= 0.3 is 0 Å². The minimum atomic E-state index is 0.465. The van der Waals surface area contributed by atoms with Crippen molar-refractivity contribution in [2.45, 2.75) is 6.92 Å². The van der Waals surface area contributed by atoms with E-state index in [1.165, 1.54) is 0 Å². The number of carbonyl (C=O) groups excluding carboxylic acids is 1. The Kier molecular flexibility index (Phi) is 10.7. The third-order valence-corrected chi connectivity index (χ3v) is 2.11. The topological polar surface area (TPSA) is 62.5 Å². The summed E-state index contributed by atoms with van der Waals surface area (Å²) in [5.74, 6) is 12.0. The molecule has 0 amide bonds. The first-order chi connectivity index (χ1) is 9.63. The molecule has 0 fully saturated rings. The fourth-order valence-electron chi connectivity index (χ4n) is 0.894. The summed E-state index contributed by atoms with van der Waals surface area (Å²) in [6.07, 6.45) is 1.77. The fourth-order valence-corrected chi connectivity index (χ4v) is 1.56. The van der Waals surface area contributed by atoms with Crippen LogP contribution in [-0.4, -0.2) is 22.7 Å². The number of carbonyl (C=O) groups is 1. The first-order valence-corrected chi connectivity index (χ1v) is 6.59. The van der Waals surface area contributed by atoms with Crippen LogP contribution in [0, 0.1) is 41.4 Å². The van der Waals surface area contributed by atoms with Crippen LogP contribution in [0.25, 0.3) is 0 Å². The molecule has 1 heterocycles. The minimum absolute atomic E-state index is 0.465. The number of hydrogen-bond acceptors (Lipinski definition) is 4. The number of aldehydes is 1. The summed E-state index contributed by atoms with van der Waals surface area (Å²) in [6.45, 7) is 1.92. The Morgan fingerprint density at radius 1 is 1.30 bits per heavy atom. The highest BCUT2D eigenvalue weighted by molar-refractivity contribution is 9.12. The maximum Gasteiger partial charge on any atom is 0.168 e. The van der Waals surface area contributed by atoms with Gasteiger partial charge in [-0.1, -0.05) is 5.16 Å². The lowest BCUT2D eigenvalue weighted by Crippen LogP contribution is -1.87. The van der Waals surface area contributed by atoms with Crippen molar-refractivity contribution in [2.24, 2.45) is 5.16 Å². The number of halogens is 2. The molecule has 0 spiro atoms. The van der Waals surface area contributed by atoms with Gasteiger partial charge in [-0.15, -0.1) is 0 Å². The number of nitrogens with zero attached hydrogens (tertiary/aromatic N) is 2.